The van der Waals surface area contributed by atoms with Gasteiger partial charge in [-0.1, -0.05) is 30.5 Å². The number of rotatable bonds is 10. The van der Waals surface area contributed by atoms with Crippen molar-refractivity contribution in [3.63, 3.8) is 0 Å². The standard InChI is InChI=1S/C22H32ClN3O3/c1-16(27)7-4-3-5-10-20(22(29)24-19-9-6-8-18(23)15-19)25-21(28)17-11-13-26(2)14-12-17/h6,8-9,15,17,20H,3-5,7,10-14H2,1-2H3,(H,24,29)(H,25,28)/t20-/m0/s1. The van der Waals surface area contributed by atoms with Gasteiger partial charge in [-0.25, -0.2) is 0 Å². The van der Waals surface area contributed by atoms with Crippen LogP contribution in [-0.4, -0.2) is 48.7 Å². The molecule has 29 heavy (non-hydrogen) atoms. The molecule has 1 aliphatic heterocycles. The van der Waals surface area contributed by atoms with Crippen LogP contribution in [0, 0.1) is 5.92 Å². The average Bonchev–Trinajstić information content (AvgIpc) is 2.67. The van der Waals surface area contributed by atoms with E-state index in [4.69, 9.17) is 11.6 Å². The molecule has 0 aromatic heterocycles. The van der Waals surface area contributed by atoms with Crippen LogP contribution in [0.3, 0.4) is 0 Å². The highest BCUT2D eigenvalue weighted by molar-refractivity contribution is 6.30. The summed E-state index contributed by atoms with van der Waals surface area (Å²) in [5.74, 6) is -0.158. The summed E-state index contributed by atoms with van der Waals surface area (Å²) >= 11 is 6.00. The van der Waals surface area contributed by atoms with Crippen molar-refractivity contribution in [3.05, 3.63) is 29.3 Å². The third-order valence-corrected chi connectivity index (χ3v) is 5.57. The number of hydrogen-bond acceptors (Lipinski definition) is 4. The van der Waals surface area contributed by atoms with Gasteiger partial charge >= 0.3 is 0 Å². The second-order valence-corrected chi connectivity index (χ2v) is 8.38. The Labute approximate surface area is 178 Å². The third-order valence-electron chi connectivity index (χ3n) is 5.34. The van der Waals surface area contributed by atoms with Gasteiger partial charge in [-0.2, -0.15) is 0 Å². The van der Waals surface area contributed by atoms with Gasteiger partial charge in [0, 0.05) is 23.0 Å². The molecule has 0 unspecified atom stereocenters. The molecule has 0 bridgehead atoms. The topological polar surface area (TPSA) is 78.5 Å². The molecule has 1 aliphatic rings. The Bertz CT molecular complexity index is 702. The van der Waals surface area contributed by atoms with E-state index in [1.807, 2.05) is 0 Å². The molecule has 1 aromatic carbocycles. The molecule has 0 spiro atoms. The zero-order valence-electron chi connectivity index (χ0n) is 17.4. The van der Waals surface area contributed by atoms with Crippen LogP contribution in [-0.2, 0) is 14.4 Å². The Morgan fingerprint density at radius 2 is 1.90 bits per heavy atom. The summed E-state index contributed by atoms with van der Waals surface area (Å²) in [5.41, 5.74) is 0.609. The minimum atomic E-state index is -0.599. The number of likely N-dealkylation sites (tertiary alicyclic amines) is 1. The van der Waals surface area contributed by atoms with Crippen LogP contribution >= 0.6 is 11.6 Å². The Balaban J connectivity index is 1.94. The van der Waals surface area contributed by atoms with Crippen LogP contribution in [0.15, 0.2) is 24.3 Å². The molecule has 2 N–H and O–H groups in total. The molecular weight excluding hydrogens is 390 g/mol. The number of hydrogen-bond donors (Lipinski definition) is 2. The van der Waals surface area contributed by atoms with E-state index in [0.717, 1.165) is 45.2 Å². The van der Waals surface area contributed by atoms with Crippen molar-refractivity contribution in [2.45, 2.75) is 57.9 Å². The Hall–Kier alpha value is -1.92. The molecule has 0 aliphatic carbocycles. The monoisotopic (exact) mass is 421 g/mol. The molecule has 2 amide bonds. The van der Waals surface area contributed by atoms with Crippen molar-refractivity contribution < 1.29 is 14.4 Å². The Morgan fingerprint density at radius 3 is 2.55 bits per heavy atom. The smallest absolute Gasteiger partial charge is 0.246 e. The molecule has 1 saturated heterocycles. The second-order valence-electron chi connectivity index (χ2n) is 7.94. The van der Waals surface area contributed by atoms with E-state index in [0.29, 0.717) is 23.6 Å². The number of anilines is 1. The van der Waals surface area contributed by atoms with Crippen LogP contribution in [0.1, 0.15) is 51.9 Å². The molecule has 0 saturated carbocycles. The van der Waals surface area contributed by atoms with Crippen molar-refractivity contribution in [3.8, 4) is 0 Å². The van der Waals surface area contributed by atoms with Crippen LogP contribution in [0.25, 0.3) is 0 Å². The lowest BCUT2D eigenvalue weighted by Crippen LogP contribution is -2.47. The summed E-state index contributed by atoms with van der Waals surface area (Å²) in [6, 6.07) is 6.37. The predicted octanol–water partition coefficient (Wildman–Crippen LogP) is 3.64. The van der Waals surface area contributed by atoms with Crippen molar-refractivity contribution in [1.29, 1.82) is 0 Å². The van der Waals surface area contributed by atoms with Gasteiger partial charge in [0.05, 0.1) is 0 Å². The number of piperidine rings is 1. The van der Waals surface area contributed by atoms with Gasteiger partial charge in [-0.3, -0.25) is 9.59 Å². The number of carbonyl (C=O) groups excluding carboxylic acids is 3. The van der Waals surface area contributed by atoms with Gasteiger partial charge in [-0.05, 0) is 70.9 Å². The lowest BCUT2D eigenvalue weighted by atomic mass is 9.95. The van der Waals surface area contributed by atoms with E-state index in [1.54, 1.807) is 31.2 Å². The fourth-order valence-electron chi connectivity index (χ4n) is 3.52. The third kappa shape index (κ3) is 8.54. The molecule has 7 heteroatoms. The lowest BCUT2D eigenvalue weighted by molar-refractivity contribution is -0.130. The quantitative estimate of drug-likeness (QED) is 0.565. The van der Waals surface area contributed by atoms with E-state index >= 15 is 0 Å². The van der Waals surface area contributed by atoms with Crippen molar-refractivity contribution in [1.82, 2.24) is 10.2 Å². The summed E-state index contributed by atoms with van der Waals surface area (Å²) in [7, 11) is 2.05. The largest absolute Gasteiger partial charge is 0.344 e. The number of halogens is 1. The number of benzene rings is 1. The first-order chi connectivity index (χ1) is 13.8. The number of carbonyl (C=O) groups is 3. The first-order valence-corrected chi connectivity index (χ1v) is 10.8. The van der Waals surface area contributed by atoms with Crippen molar-refractivity contribution >= 4 is 34.9 Å². The van der Waals surface area contributed by atoms with E-state index in [1.165, 1.54) is 0 Å². The molecule has 1 aromatic rings. The predicted molar refractivity (Wildman–Crippen MR) is 116 cm³/mol. The van der Waals surface area contributed by atoms with Crippen LogP contribution in [0.4, 0.5) is 5.69 Å². The van der Waals surface area contributed by atoms with Gasteiger partial charge in [0.25, 0.3) is 0 Å². The number of nitrogens with zero attached hydrogens (tertiary/aromatic N) is 1. The van der Waals surface area contributed by atoms with Gasteiger partial charge in [0.1, 0.15) is 11.8 Å². The van der Waals surface area contributed by atoms with Crippen LogP contribution in [0.2, 0.25) is 5.02 Å². The number of ketones is 1. The van der Waals surface area contributed by atoms with Gasteiger partial charge < -0.3 is 20.3 Å². The molecule has 1 heterocycles. The number of amides is 2. The fraction of sp³-hybridized carbons (Fsp3) is 0.591. The van der Waals surface area contributed by atoms with E-state index in [9.17, 15) is 14.4 Å². The minimum absolute atomic E-state index is 0.0481. The van der Waals surface area contributed by atoms with E-state index in [2.05, 4.69) is 22.6 Å². The number of nitrogens with one attached hydrogen (secondary N) is 2. The maximum Gasteiger partial charge on any atom is 0.246 e. The SMILES string of the molecule is CC(=O)CCCCC[C@H](NC(=O)C1CCN(C)CC1)C(=O)Nc1cccc(Cl)c1. The first-order valence-electron chi connectivity index (χ1n) is 10.4. The lowest BCUT2D eigenvalue weighted by Gasteiger charge is -2.29. The van der Waals surface area contributed by atoms with E-state index in [-0.39, 0.29) is 23.5 Å². The number of unbranched alkanes of at least 4 members (excludes halogenated alkanes) is 2. The summed E-state index contributed by atoms with van der Waals surface area (Å²) in [6.07, 6.45) is 5.15. The highest BCUT2D eigenvalue weighted by atomic mass is 35.5. The Morgan fingerprint density at radius 1 is 1.17 bits per heavy atom. The van der Waals surface area contributed by atoms with Crippen molar-refractivity contribution in [2.24, 2.45) is 5.92 Å². The maximum atomic E-state index is 12.8. The molecule has 160 valence electrons. The summed E-state index contributed by atoms with van der Waals surface area (Å²) < 4.78 is 0. The summed E-state index contributed by atoms with van der Waals surface area (Å²) in [5, 5.41) is 6.36. The molecular formula is C22H32ClN3O3. The fourth-order valence-corrected chi connectivity index (χ4v) is 3.71. The molecule has 1 atom stereocenters. The summed E-state index contributed by atoms with van der Waals surface area (Å²) in [6.45, 7) is 3.37. The van der Waals surface area contributed by atoms with Gasteiger partial charge in [0.2, 0.25) is 11.8 Å². The highest BCUT2D eigenvalue weighted by Crippen LogP contribution is 2.18. The zero-order valence-corrected chi connectivity index (χ0v) is 18.1. The van der Waals surface area contributed by atoms with Crippen molar-refractivity contribution in [2.75, 3.05) is 25.5 Å². The zero-order chi connectivity index (χ0) is 21.2. The summed E-state index contributed by atoms with van der Waals surface area (Å²) in [4.78, 5) is 38.9. The molecule has 2 rings (SSSR count). The maximum absolute atomic E-state index is 12.8. The molecule has 0 radical (unpaired) electrons. The first kappa shape index (κ1) is 23.4. The molecule has 6 nitrogen and oxygen atoms in total. The highest BCUT2D eigenvalue weighted by Gasteiger charge is 2.27. The minimum Gasteiger partial charge on any atom is -0.344 e. The van der Waals surface area contributed by atoms with E-state index < -0.39 is 6.04 Å². The molecule has 1 fully saturated rings. The average molecular weight is 422 g/mol. The van der Waals surface area contributed by atoms with Crippen LogP contribution < -0.4 is 10.6 Å². The second kappa shape index (κ2) is 11.9. The van der Waals surface area contributed by atoms with Gasteiger partial charge in [0.15, 0.2) is 0 Å². The number of Topliss-reactive ketones (excluding diaryl/α,β-unsaturated/α-hetero) is 1. The van der Waals surface area contributed by atoms with Crippen LogP contribution in [0.5, 0.6) is 0 Å². The normalized spacial score (nSPS) is 16.2. The van der Waals surface area contributed by atoms with Gasteiger partial charge in [-0.15, -0.1) is 0 Å². The Kier molecular flexibility index (Phi) is 9.61.